The maximum absolute atomic E-state index is 11.4. The van der Waals surface area contributed by atoms with Gasteiger partial charge < -0.3 is 14.7 Å². The second-order valence-corrected chi connectivity index (χ2v) is 3.26. The third kappa shape index (κ3) is 2.90. The maximum Gasteiger partial charge on any atom is 0.342 e. The second kappa shape index (κ2) is 6.02. The molecule has 1 N–H and O–H groups in total. The molecule has 0 aliphatic carbocycles. The number of esters is 1. The SMILES string of the molecule is CC(C(=O)OC=O)=C(CCO)N1C=NCC1. The molecule has 16 heavy (non-hydrogen) atoms. The third-order valence-corrected chi connectivity index (χ3v) is 2.28. The smallest absolute Gasteiger partial charge is 0.342 e. The van der Waals surface area contributed by atoms with E-state index in [4.69, 9.17) is 5.11 Å². The molecule has 0 aromatic heterocycles. The highest BCUT2D eigenvalue weighted by atomic mass is 16.6. The maximum atomic E-state index is 11.4. The number of nitrogens with zero attached hydrogens (tertiary/aromatic N) is 2. The zero-order chi connectivity index (χ0) is 12.0. The molecule has 0 bridgehead atoms. The molecule has 0 radical (unpaired) electrons. The van der Waals surface area contributed by atoms with E-state index in [2.05, 4.69) is 9.73 Å². The van der Waals surface area contributed by atoms with Crippen molar-refractivity contribution in [1.82, 2.24) is 4.90 Å². The molecule has 1 aliphatic rings. The number of aliphatic imine (C=N–C) groups is 1. The summed E-state index contributed by atoms with van der Waals surface area (Å²) in [7, 11) is 0. The Morgan fingerprint density at radius 3 is 2.94 bits per heavy atom. The summed E-state index contributed by atoms with van der Waals surface area (Å²) in [6.45, 7) is 2.90. The second-order valence-electron chi connectivity index (χ2n) is 3.26. The van der Waals surface area contributed by atoms with Crippen LogP contribution in [0.2, 0.25) is 0 Å². The number of aliphatic hydroxyl groups is 1. The molecule has 6 nitrogen and oxygen atoms in total. The summed E-state index contributed by atoms with van der Waals surface area (Å²) in [6.07, 6.45) is 1.94. The lowest BCUT2D eigenvalue weighted by Gasteiger charge is -2.19. The molecule has 0 amide bonds. The fraction of sp³-hybridized carbons (Fsp3) is 0.500. The minimum Gasteiger partial charge on any atom is -0.396 e. The van der Waals surface area contributed by atoms with Gasteiger partial charge in [0.1, 0.15) is 0 Å². The van der Waals surface area contributed by atoms with Crippen molar-refractivity contribution in [2.24, 2.45) is 4.99 Å². The summed E-state index contributed by atoms with van der Waals surface area (Å²) in [6, 6.07) is 0. The predicted molar refractivity (Wildman–Crippen MR) is 56.6 cm³/mol. The Morgan fingerprint density at radius 2 is 2.44 bits per heavy atom. The molecule has 0 fully saturated rings. The van der Waals surface area contributed by atoms with Gasteiger partial charge in [-0.25, -0.2) is 4.79 Å². The highest BCUT2D eigenvalue weighted by Crippen LogP contribution is 2.16. The summed E-state index contributed by atoms with van der Waals surface area (Å²) in [5.74, 6) is -0.696. The van der Waals surface area contributed by atoms with Gasteiger partial charge in [0.25, 0.3) is 0 Å². The average molecular weight is 226 g/mol. The largest absolute Gasteiger partial charge is 0.396 e. The Hall–Kier alpha value is -1.69. The molecule has 0 unspecified atom stereocenters. The fourth-order valence-corrected chi connectivity index (χ4v) is 1.49. The van der Waals surface area contributed by atoms with Gasteiger partial charge in [-0.3, -0.25) is 9.79 Å². The van der Waals surface area contributed by atoms with Crippen LogP contribution in [-0.2, 0) is 14.3 Å². The third-order valence-electron chi connectivity index (χ3n) is 2.28. The van der Waals surface area contributed by atoms with Crippen LogP contribution < -0.4 is 0 Å². The number of hydrogen-bond donors (Lipinski definition) is 1. The molecule has 0 atom stereocenters. The number of carbonyl (C=O) groups excluding carboxylic acids is 2. The number of rotatable bonds is 5. The highest BCUT2D eigenvalue weighted by molar-refractivity contribution is 5.92. The minimum atomic E-state index is -0.696. The zero-order valence-electron chi connectivity index (χ0n) is 9.05. The van der Waals surface area contributed by atoms with Crippen molar-refractivity contribution < 1.29 is 19.4 Å². The van der Waals surface area contributed by atoms with Gasteiger partial charge in [0.05, 0.1) is 18.5 Å². The molecule has 1 heterocycles. The molecule has 6 heteroatoms. The van der Waals surface area contributed by atoms with Crippen molar-refractivity contribution in [3.63, 3.8) is 0 Å². The van der Waals surface area contributed by atoms with Crippen molar-refractivity contribution in [2.75, 3.05) is 19.7 Å². The van der Waals surface area contributed by atoms with Crippen molar-refractivity contribution in [3.8, 4) is 0 Å². The Bertz CT molecular complexity index is 336. The van der Waals surface area contributed by atoms with E-state index in [1.165, 1.54) is 0 Å². The van der Waals surface area contributed by atoms with Gasteiger partial charge in [0.2, 0.25) is 0 Å². The summed E-state index contributed by atoms with van der Waals surface area (Å²) >= 11 is 0. The quantitative estimate of drug-likeness (QED) is 0.301. The molecule has 0 aromatic rings. The molecule has 0 saturated heterocycles. The molecular weight excluding hydrogens is 212 g/mol. The first-order chi connectivity index (χ1) is 7.70. The Morgan fingerprint density at radius 1 is 1.69 bits per heavy atom. The van der Waals surface area contributed by atoms with Crippen LogP contribution in [0.1, 0.15) is 13.3 Å². The average Bonchev–Trinajstić information content (AvgIpc) is 2.78. The van der Waals surface area contributed by atoms with E-state index in [0.29, 0.717) is 30.8 Å². The first-order valence-electron chi connectivity index (χ1n) is 4.92. The van der Waals surface area contributed by atoms with Crippen LogP contribution >= 0.6 is 0 Å². The van der Waals surface area contributed by atoms with Crippen molar-refractivity contribution >= 4 is 18.8 Å². The van der Waals surface area contributed by atoms with Crippen molar-refractivity contribution in [3.05, 3.63) is 11.3 Å². The molecule has 0 spiro atoms. The molecule has 0 aromatic carbocycles. The number of hydrogen-bond acceptors (Lipinski definition) is 6. The Kier molecular flexibility index (Phi) is 4.65. The highest BCUT2D eigenvalue weighted by Gasteiger charge is 2.18. The molecular formula is C10H14N2O4. The van der Waals surface area contributed by atoms with Crippen molar-refractivity contribution in [2.45, 2.75) is 13.3 Å². The van der Waals surface area contributed by atoms with E-state index in [1.807, 2.05) is 0 Å². The number of ether oxygens (including phenoxy) is 1. The topological polar surface area (TPSA) is 79.2 Å². The first kappa shape index (κ1) is 12.4. The van der Waals surface area contributed by atoms with Crippen LogP contribution in [0.4, 0.5) is 0 Å². The molecule has 88 valence electrons. The lowest BCUT2D eigenvalue weighted by atomic mass is 10.1. The van der Waals surface area contributed by atoms with E-state index >= 15 is 0 Å². The normalized spacial score (nSPS) is 16.0. The summed E-state index contributed by atoms with van der Waals surface area (Å²) in [4.78, 5) is 27.2. The monoisotopic (exact) mass is 226 g/mol. The van der Waals surface area contributed by atoms with Crippen LogP contribution in [0.3, 0.4) is 0 Å². The molecule has 1 rings (SSSR count). The minimum absolute atomic E-state index is 0.0780. The van der Waals surface area contributed by atoms with E-state index in [9.17, 15) is 9.59 Å². The number of carbonyl (C=O) groups is 2. The van der Waals surface area contributed by atoms with Gasteiger partial charge in [-0.2, -0.15) is 0 Å². The van der Waals surface area contributed by atoms with E-state index in [0.717, 1.165) is 0 Å². The van der Waals surface area contributed by atoms with Crippen molar-refractivity contribution in [1.29, 1.82) is 0 Å². The lowest BCUT2D eigenvalue weighted by molar-refractivity contribution is -0.148. The van der Waals surface area contributed by atoms with Gasteiger partial charge in [0, 0.05) is 25.3 Å². The zero-order valence-corrected chi connectivity index (χ0v) is 9.05. The lowest BCUT2D eigenvalue weighted by Crippen LogP contribution is -2.23. The van der Waals surface area contributed by atoms with Gasteiger partial charge >= 0.3 is 12.4 Å². The standard InChI is InChI=1S/C10H14N2O4/c1-8(10(15)16-7-14)9(2-5-13)12-4-3-11-6-12/h6-7,13H,2-5H2,1H3. The van der Waals surface area contributed by atoms with Gasteiger partial charge in [-0.1, -0.05) is 0 Å². The number of aliphatic hydroxyl groups excluding tert-OH is 1. The van der Waals surface area contributed by atoms with E-state index in [1.54, 1.807) is 18.2 Å². The van der Waals surface area contributed by atoms with Crippen LogP contribution in [0.15, 0.2) is 16.3 Å². The van der Waals surface area contributed by atoms with Gasteiger partial charge in [0.15, 0.2) is 0 Å². The molecule has 0 saturated carbocycles. The van der Waals surface area contributed by atoms with Crippen LogP contribution in [0.5, 0.6) is 0 Å². The van der Waals surface area contributed by atoms with Crippen LogP contribution in [0.25, 0.3) is 0 Å². The summed E-state index contributed by atoms with van der Waals surface area (Å²) in [5, 5.41) is 8.93. The Balaban J connectivity index is 2.88. The van der Waals surface area contributed by atoms with E-state index < -0.39 is 5.97 Å². The van der Waals surface area contributed by atoms with Gasteiger partial charge in [-0.15, -0.1) is 0 Å². The van der Waals surface area contributed by atoms with Crippen LogP contribution in [-0.4, -0.2) is 48.5 Å². The Labute approximate surface area is 93.2 Å². The van der Waals surface area contributed by atoms with Gasteiger partial charge in [-0.05, 0) is 6.92 Å². The summed E-state index contributed by atoms with van der Waals surface area (Å²) < 4.78 is 4.26. The summed E-state index contributed by atoms with van der Waals surface area (Å²) in [5.41, 5.74) is 0.949. The molecule has 1 aliphatic heterocycles. The predicted octanol–water partition coefficient (Wildman–Crippen LogP) is -0.314. The van der Waals surface area contributed by atoms with E-state index in [-0.39, 0.29) is 13.1 Å². The fourth-order valence-electron chi connectivity index (χ4n) is 1.49. The first-order valence-corrected chi connectivity index (χ1v) is 4.92. The van der Waals surface area contributed by atoms with Crippen LogP contribution in [0, 0.1) is 0 Å².